The van der Waals surface area contributed by atoms with Crippen molar-refractivity contribution in [3.8, 4) is 22.8 Å². The number of nitro groups is 1. The smallest absolute Gasteiger partial charge is 0.338 e. The third-order valence-corrected chi connectivity index (χ3v) is 7.94. The normalized spacial score (nSPS) is 14.7. The van der Waals surface area contributed by atoms with Crippen molar-refractivity contribution in [2.75, 3.05) is 19.8 Å². The Morgan fingerprint density at radius 3 is 2.55 bits per heavy atom. The van der Waals surface area contributed by atoms with E-state index < -0.39 is 22.5 Å². The van der Waals surface area contributed by atoms with Crippen LogP contribution in [0.15, 0.2) is 74.0 Å². The van der Waals surface area contributed by atoms with E-state index in [1.807, 2.05) is 13.8 Å². The van der Waals surface area contributed by atoms with Crippen molar-refractivity contribution in [2.24, 2.45) is 4.99 Å². The highest BCUT2D eigenvalue weighted by Gasteiger charge is 2.34. The fraction of sp³-hybridized carbons (Fsp3) is 0.258. The average Bonchev–Trinajstić information content (AvgIpc) is 3.57. The van der Waals surface area contributed by atoms with Crippen LogP contribution in [0, 0.1) is 10.1 Å². The van der Waals surface area contributed by atoms with Gasteiger partial charge in [0.15, 0.2) is 16.3 Å². The Morgan fingerprint density at radius 1 is 1.09 bits per heavy atom. The quantitative estimate of drug-likeness (QED) is 0.128. The third kappa shape index (κ3) is 5.90. The maximum absolute atomic E-state index is 14.0. The largest absolute Gasteiger partial charge is 0.490 e. The van der Waals surface area contributed by atoms with Gasteiger partial charge in [-0.15, -0.1) is 0 Å². The molecule has 2 aromatic heterocycles. The van der Waals surface area contributed by atoms with E-state index in [9.17, 15) is 19.7 Å². The molecule has 4 aromatic rings. The van der Waals surface area contributed by atoms with Crippen molar-refractivity contribution in [3.05, 3.63) is 106 Å². The highest BCUT2D eigenvalue weighted by atomic mass is 35.5. The molecule has 228 valence electrons. The number of thiazole rings is 1. The molecule has 0 N–H and O–H groups in total. The van der Waals surface area contributed by atoms with Gasteiger partial charge in [-0.05, 0) is 69.7 Å². The standard InChI is InChI=1S/C31H28ClN3O8S/c1-5-40-24-12-8-18(14-25(24)41-6-2)28-27(30(37)42-7-3)17(4)33-31-34(28)29(36)26(44-31)16-20-10-13-23(43-20)21-11-9-19(32)15-22(21)35(38)39/h8-16,28H,5-7H2,1-4H3/b26-16-/t28-/m0/s1. The number of allylic oxidation sites excluding steroid dienone is 1. The molecular weight excluding hydrogens is 610 g/mol. The first-order valence-electron chi connectivity index (χ1n) is 13.8. The van der Waals surface area contributed by atoms with Crippen molar-refractivity contribution in [1.29, 1.82) is 0 Å². The molecule has 0 aliphatic carbocycles. The number of carbonyl (C=O) groups excluding carboxylic acids is 1. The van der Waals surface area contributed by atoms with Crippen molar-refractivity contribution in [3.63, 3.8) is 0 Å². The van der Waals surface area contributed by atoms with Crippen molar-refractivity contribution in [2.45, 2.75) is 33.7 Å². The van der Waals surface area contributed by atoms with Gasteiger partial charge in [-0.25, -0.2) is 9.79 Å². The summed E-state index contributed by atoms with van der Waals surface area (Å²) in [7, 11) is 0. The van der Waals surface area contributed by atoms with Crippen LogP contribution in [-0.2, 0) is 9.53 Å². The summed E-state index contributed by atoms with van der Waals surface area (Å²) in [4.78, 5) is 43.2. The predicted molar refractivity (Wildman–Crippen MR) is 165 cm³/mol. The van der Waals surface area contributed by atoms with Gasteiger partial charge < -0.3 is 18.6 Å². The van der Waals surface area contributed by atoms with Crippen LogP contribution in [0.4, 0.5) is 5.69 Å². The van der Waals surface area contributed by atoms with Crippen LogP contribution in [0.2, 0.25) is 5.02 Å². The van der Waals surface area contributed by atoms with Crippen molar-refractivity contribution >= 4 is 40.7 Å². The summed E-state index contributed by atoms with van der Waals surface area (Å²) in [5, 5.41) is 11.8. The second-order valence-corrected chi connectivity index (χ2v) is 10.9. The molecule has 13 heteroatoms. The molecule has 44 heavy (non-hydrogen) atoms. The number of hydrogen-bond acceptors (Lipinski definition) is 10. The van der Waals surface area contributed by atoms with E-state index in [0.29, 0.717) is 46.5 Å². The SMILES string of the molecule is CCOC(=O)C1=C(C)N=c2s/c(=C\c3ccc(-c4ccc(Cl)cc4[N+](=O)[O-])o3)c(=O)n2[C@H]1c1ccc(OCC)c(OCC)c1. The van der Waals surface area contributed by atoms with E-state index in [2.05, 4.69) is 4.99 Å². The van der Waals surface area contributed by atoms with Gasteiger partial charge in [-0.2, -0.15) is 0 Å². The minimum atomic E-state index is -0.855. The Balaban J connectivity index is 1.65. The summed E-state index contributed by atoms with van der Waals surface area (Å²) in [6.07, 6.45) is 1.54. The number of nitrogens with zero attached hydrogens (tertiary/aromatic N) is 3. The van der Waals surface area contributed by atoms with Gasteiger partial charge in [0.05, 0.1) is 52.2 Å². The van der Waals surface area contributed by atoms with Gasteiger partial charge in [-0.1, -0.05) is 29.0 Å². The molecular formula is C31H28ClN3O8S. The Hall–Kier alpha value is -4.68. The number of nitro benzene ring substituents is 1. The monoisotopic (exact) mass is 637 g/mol. The number of carbonyl (C=O) groups is 1. The van der Waals surface area contributed by atoms with E-state index in [-0.39, 0.29) is 38.7 Å². The lowest BCUT2D eigenvalue weighted by atomic mass is 9.95. The van der Waals surface area contributed by atoms with Crippen LogP contribution in [0.3, 0.4) is 0 Å². The number of rotatable bonds is 10. The molecule has 11 nitrogen and oxygen atoms in total. The molecule has 0 fully saturated rings. The molecule has 0 radical (unpaired) electrons. The maximum atomic E-state index is 14.0. The van der Waals surface area contributed by atoms with Gasteiger partial charge in [0, 0.05) is 17.2 Å². The van der Waals surface area contributed by atoms with Crippen LogP contribution in [0.1, 0.15) is 45.1 Å². The second-order valence-electron chi connectivity index (χ2n) is 9.50. The number of halogens is 1. The summed E-state index contributed by atoms with van der Waals surface area (Å²) in [5.41, 5.74) is 0.890. The fourth-order valence-electron chi connectivity index (χ4n) is 4.91. The van der Waals surface area contributed by atoms with Crippen LogP contribution < -0.4 is 24.4 Å². The van der Waals surface area contributed by atoms with Gasteiger partial charge in [-0.3, -0.25) is 19.5 Å². The molecule has 0 saturated heterocycles. The van der Waals surface area contributed by atoms with Crippen LogP contribution in [-0.4, -0.2) is 35.3 Å². The first-order valence-corrected chi connectivity index (χ1v) is 15.0. The summed E-state index contributed by atoms with van der Waals surface area (Å²) in [6.45, 7) is 8.09. The number of hydrogen-bond donors (Lipinski definition) is 0. The van der Waals surface area contributed by atoms with Crippen LogP contribution >= 0.6 is 22.9 Å². The van der Waals surface area contributed by atoms with Crippen molar-refractivity contribution < 1.29 is 28.3 Å². The Bertz CT molecular complexity index is 1970. The van der Waals surface area contributed by atoms with E-state index in [0.717, 1.165) is 11.3 Å². The zero-order valence-corrected chi connectivity index (χ0v) is 25.9. The molecule has 0 unspecified atom stereocenters. The van der Waals surface area contributed by atoms with Crippen LogP contribution in [0.25, 0.3) is 17.4 Å². The lowest BCUT2D eigenvalue weighted by molar-refractivity contribution is -0.384. The predicted octanol–water partition coefficient (Wildman–Crippen LogP) is 5.42. The molecule has 3 heterocycles. The zero-order chi connectivity index (χ0) is 31.5. The molecule has 5 rings (SSSR count). The summed E-state index contributed by atoms with van der Waals surface area (Å²) in [6, 6.07) is 11.9. The molecule has 1 aliphatic heterocycles. The lowest BCUT2D eigenvalue weighted by Gasteiger charge is -2.25. The van der Waals surface area contributed by atoms with Crippen molar-refractivity contribution in [1.82, 2.24) is 4.57 Å². The minimum absolute atomic E-state index is 0.146. The molecule has 2 aromatic carbocycles. The Kier molecular flexibility index (Phi) is 9.02. The van der Waals surface area contributed by atoms with E-state index >= 15 is 0 Å². The molecule has 0 spiro atoms. The summed E-state index contributed by atoms with van der Waals surface area (Å²) >= 11 is 7.08. The minimum Gasteiger partial charge on any atom is -0.490 e. The fourth-order valence-corrected chi connectivity index (χ4v) is 6.11. The molecule has 1 aliphatic rings. The first kappa shape index (κ1) is 30.8. The number of furan rings is 1. The highest BCUT2D eigenvalue weighted by molar-refractivity contribution is 7.07. The lowest BCUT2D eigenvalue weighted by Crippen LogP contribution is -2.40. The summed E-state index contributed by atoms with van der Waals surface area (Å²) in [5.74, 6) is 0.973. The highest BCUT2D eigenvalue weighted by Crippen LogP contribution is 2.37. The molecule has 0 bridgehead atoms. The number of esters is 1. The van der Waals surface area contributed by atoms with E-state index in [4.69, 9.17) is 30.2 Å². The Morgan fingerprint density at radius 2 is 1.84 bits per heavy atom. The van der Waals surface area contributed by atoms with Crippen LogP contribution in [0.5, 0.6) is 11.5 Å². The van der Waals surface area contributed by atoms with Gasteiger partial charge in [0.2, 0.25) is 0 Å². The second kappa shape index (κ2) is 12.9. The average molecular weight is 638 g/mol. The van der Waals surface area contributed by atoms with Gasteiger partial charge >= 0.3 is 5.97 Å². The zero-order valence-electron chi connectivity index (χ0n) is 24.3. The number of benzene rings is 2. The van der Waals surface area contributed by atoms with Gasteiger partial charge in [0.25, 0.3) is 11.2 Å². The first-order chi connectivity index (χ1) is 21.2. The maximum Gasteiger partial charge on any atom is 0.338 e. The molecule has 0 saturated carbocycles. The molecule has 0 amide bonds. The van der Waals surface area contributed by atoms with E-state index in [1.165, 1.54) is 22.8 Å². The summed E-state index contributed by atoms with van der Waals surface area (Å²) < 4.78 is 24.6. The van der Waals surface area contributed by atoms with E-state index in [1.54, 1.807) is 50.3 Å². The number of fused-ring (bicyclic) bond motifs is 1. The van der Waals surface area contributed by atoms with Gasteiger partial charge in [0.1, 0.15) is 11.5 Å². The number of aromatic nitrogens is 1. The topological polar surface area (TPSA) is 135 Å². The molecule has 1 atom stereocenters. The number of ether oxygens (including phenoxy) is 3. The Labute approximate surface area is 260 Å². The third-order valence-electron chi connectivity index (χ3n) is 6.72.